The van der Waals surface area contributed by atoms with Crippen molar-refractivity contribution in [2.75, 3.05) is 0 Å². The van der Waals surface area contributed by atoms with Crippen molar-refractivity contribution in [2.24, 2.45) is 5.92 Å². The van der Waals surface area contributed by atoms with Gasteiger partial charge in [-0.3, -0.25) is 4.79 Å². The number of Topliss-reactive ketones (excluding diaryl/α,β-unsaturated/α-hetero) is 1. The number of ketones is 1. The molecule has 1 aliphatic carbocycles. The molecule has 182 valence electrons. The second-order valence-corrected chi connectivity index (χ2v) is 10.4. The first-order chi connectivity index (χ1) is 17.3. The Morgan fingerprint density at radius 2 is 1.14 bits per heavy atom. The first-order valence-electron chi connectivity index (χ1n) is 11.3. The van der Waals surface area contributed by atoms with Gasteiger partial charge >= 0.3 is 0 Å². The zero-order chi connectivity index (χ0) is 25.4. The molecule has 0 saturated heterocycles. The van der Waals surface area contributed by atoms with Crippen molar-refractivity contribution in [2.45, 2.75) is 19.8 Å². The molecule has 0 spiro atoms. The highest BCUT2D eigenvalue weighted by atomic mass is 35.5. The predicted octanol–water partition coefficient (Wildman–Crippen LogP) is 10.3. The number of carbonyl (C=O) groups excluding carboxylic acids is 1. The molecule has 1 aliphatic rings. The van der Waals surface area contributed by atoms with Gasteiger partial charge < -0.3 is 8.83 Å². The summed E-state index contributed by atoms with van der Waals surface area (Å²) in [5.74, 6) is 2.59. The molecule has 0 aliphatic heterocycles. The van der Waals surface area contributed by atoms with E-state index in [1.807, 2.05) is 48.5 Å². The Hall–Kier alpha value is -2.69. The van der Waals surface area contributed by atoms with Crippen LogP contribution in [0.1, 0.15) is 31.3 Å². The average Bonchev–Trinajstić information content (AvgIpc) is 3.50. The lowest BCUT2D eigenvalue weighted by molar-refractivity contribution is -0.113. The fourth-order valence-corrected chi connectivity index (χ4v) is 5.13. The second-order valence-electron chi connectivity index (χ2n) is 8.79. The fraction of sp³-hybridized carbons (Fsp3) is 0.138. The van der Waals surface area contributed by atoms with Gasteiger partial charge in [-0.15, -0.1) is 0 Å². The molecule has 36 heavy (non-hydrogen) atoms. The molecule has 0 radical (unpaired) electrons. The van der Waals surface area contributed by atoms with Gasteiger partial charge in [0.1, 0.15) is 23.0 Å². The Labute approximate surface area is 228 Å². The van der Waals surface area contributed by atoms with E-state index < -0.39 is 0 Å². The Bertz CT molecular complexity index is 1410. The molecule has 0 unspecified atom stereocenters. The fourth-order valence-electron chi connectivity index (χ4n) is 4.35. The molecule has 0 amide bonds. The molecule has 2 heterocycles. The van der Waals surface area contributed by atoms with E-state index in [-0.39, 0.29) is 11.7 Å². The van der Waals surface area contributed by atoms with E-state index in [0.717, 1.165) is 0 Å². The molecule has 2 aromatic heterocycles. The highest BCUT2D eigenvalue weighted by Crippen LogP contribution is 2.38. The van der Waals surface area contributed by atoms with Gasteiger partial charge in [0.15, 0.2) is 5.78 Å². The largest absolute Gasteiger partial charge is 0.457 e. The summed E-state index contributed by atoms with van der Waals surface area (Å²) in [6.07, 6.45) is 4.91. The van der Waals surface area contributed by atoms with Crippen LogP contribution in [0.5, 0.6) is 0 Å². The standard InChI is InChI=1S/C29H20Cl4O3/c1-16-12-17(14-19-8-10-25(35-19)21-4-2-6-23(30)27(21)32)29(34)18(13-16)15-20-9-11-26(36-20)22-5-3-7-24(31)28(22)33/h2-11,14-16H,12-13H2,1H3. The molecule has 3 nitrogen and oxygen atoms in total. The number of furan rings is 2. The summed E-state index contributed by atoms with van der Waals surface area (Å²) in [7, 11) is 0. The highest BCUT2D eigenvalue weighted by Gasteiger charge is 2.26. The molecule has 1 fully saturated rings. The van der Waals surface area contributed by atoms with Crippen LogP contribution in [0.2, 0.25) is 20.1 Å². The van der Waals surface area contributed by atoms with E-state index in [1.165, 1.54) is 0 Å². The number of hydrogen-bond acceptors (Lipinski definition) is 3. The van der Waals surface area contributed by atoms with Crippen LogP contribution in [-0.4, -0.2) is 5.78 Å². The van der Waals surface area contributed by atoms with E-state index in [9.17, 15) is 4.79 Å². The van der Waals surface area contributed by atoms with E-state index >= 15 is 0 Å². The topological polar surface area (TPSA) is 43.4 Å². The minimum Gasteiger partial charge on any atom is -0.457 e. The molecule has 1 saturated carbocycles. The minimum atomic E-state index is -0.0226. The zero-order valence-electron chi connectivity index (χ0n) is 19.2. The lowest BCUT2D eigenvalue weighted by Crippen LogP contribution is -2.18. The van der Waals surface area contributed by atoms with Gasteiger partial charge in [-0.1, -0.05) is 65.5 Å². The van der Waals surface area contributed by atoms with Crippen LogP contribution in [0.4, 0.5) is 0 Å². The van der Waals surface area contributed by atoms with Crippen molar-refractivity contribution in [1.82, 2.24) is 0 Å². The number of hydrogen-bond donors (Lipinski definition) is 0. The predicted molar refractivity (Wildman–Crippen MR) is 148 cm³/mol. The highest BCUT2D eigenvalue weighted by molar-refractivity contribution is 6.44. The molecule has 0 N–H and O–H groups in total. The first-order valence-corrected chi connectivity index (χ1v) is 12.9. The van der Waals surface area contributed by atoms with Crippen molar-refractivity contribution in [3.05, 3.63) is 103 Å². The third-order valence-corrected chi connectivity index (χ3v) is 7.68. The van der Waals surface area contributed by atoms with Gasteiger partial charge in [-0.25, -0.2) is 0 Å². The van der Waals surface area contributed by atoms with E-state index in [0.29, 0.717) is 78.2 Å². The molecule has 5 rings (SSSR count). The summed E-state index contributed by atoms with van der Waals surface area (Å²) in [5.41, 5.74) is 2.77. The monoisotopic (exact) mass is 556 g/mol. The maximum atomic E-state index is 13.3. The lowest BCUT2D eigenvalue weighted by atomic mass is 9.81. The van der Waals surface area contributed by atoms with Crippen molar-refractivity contribution in [3.63, 3.8) is 0 Å². The maximum absolute atomic E-state index is 13.3. The lowest BCUT2D eigenvalue weighted by Gasteiger charge is -2.22. The normalized spacial score (nSPS) is 18.4. The number of carbonyl (C=O) groups is 1. The summed E-state index contributed by atoms with van der Waals surface area (Å²) in [6.45, 7) is 2.12. The van der Waals surface area contributed by atoms with Crippen molar-refractivity contribution in [3.8, 4) is 22.6 Å². The van der Waals surface area contributed by atoms with Crippen LogP contribution in [0, 0.1) is 5.92 Å². The molecular weight excluding hydrogens is 538 g/mol. The number of allylic oxidation sites excluding steroid dienone is 2. The van der Waals surface area contributed by atoms with E-state index in [4.69, 9.17) is 55.2 Å². The molecule has 4 aromatic rings. The summed E-state index contributed by atoms with van der Waals surface area (Å²) >= 11 is 24.9. The van der Waals surface area contributed by atoms with E-state index in [2.05, 4.69) is 6.92 Å². The molecular formula is C29H20Cl4O3. The van der Waals surface area contributed by atoms with Crippen LogP contribution in [0.15, 0.2) is 80.6 Å². The Morgan fingerprint density at radius 3 is 1.58 bits per heavy atom. The summed E-state index contributed by atoms with van der Waals surface area (Å²) in [5, 5.41) is 1.76. The molecule has 0 atom stereocenters. The SMILES string of the molecule is CC1CC(=Cc2ccc(-c3cccc(Cl)c3Cl)o2)C(=O)C(=Cc2ccc(-c3cccc(Cl)c3Cl)o2)C1. The second kappa shape index (κ2) is 10.4. The smallest absolute Gasteiger partial charge is 0.185 e. The van der Waals surface area contributed by atoms with Crippen LogP contribution < -0.4 is 0 Å². The van der Waals surface area contributed by atoms with Crippen LogP contribution in [0.3, 0.4) is 0 Å². The maximum Gasteiger partial charge on any atom is 0.185 e. The Kier molecular flexibility index (Phi) is 7.18. The number of halogens is 4. The molecule has 0 bridgehead atoms. The van der Waals surface area contributed by atoms with Gasteiger partial charge in [0.25, 0.3) is 0 Å². The van der Waals surface area contributed by atoms with Gasteiger partial charge in [0.05, 0.1) is 20.1 Å². The third-order valence-electron chi connectivity index (χ3n) is 6.04. The minimum absolute atomic E-state index is 0.0226. The third kappa shape index (κ3) is 5.07. The van der Waals surface area contributed by atoms with E-state index in [1.54, 1.807) is 24.3 Å². The van der Waals surface area contributed by atoms with Crippen LogP contribution >= 0.6 is 46.4 Å². The van der Waals surface area contributed by atoms with Gasteiger partial charge in [-0.05, 0) is 79.4 Å². The first kappa shape index (κ1) is 25.0. The van der Waals surface area contributed by atoms with Crippen LogP contribution in [0.25, 0.3) is 34.8 Å². The van der Waals surface area contributed by atoms with Gasteiger partial charge in [0.2, 0.25) is 0 Å². The van der Waals surface area contributed by atoms with Crippen LogP contribution in [-0.2, 0) is 4.79 Å². The average molecular weight is 558 g/mol. The van der Waals surface area contributed by atoms with Crippen molar-refractivity contribution in [1.29, 1.82) is 0 Å². The molecule has 2 aromatic carbocycles. The van der Waals surface area contributed by atoms with Gasteiger partial charge in [-0.2, -0.15) is 0 Å². The number of benzene rings is 2. The van der Waals surface area contributed by atoms with Gasteiger partial charge in [0, 0.05) is 22.3 Å². The quantitative estimate of drug-likeness (QED) is 0.234. The Balaban J connectivity index is 1.42. The zero-order valence-corrected chi connectivity index (χ0v) is 22.2. The summed E-state index contributed by atoms with van der Waals surface area (Å²) < 4.78 is 12.0. The molecule has 7 heteroatoms. The van der Waals surface area contributed by atoms with Crippen molar-refractivity contribution >= 4 is 64.3 Å². The number of rotatable bonds is 4. The van der Waals surface area contributed by atoms with Crippen molar-refractivity contribution < 1.29 is 13.6 Å². The summed E-state index contributed by atoms with van der Waals surface area (Å²) in [6, 6.07) is 18.0. The summed E-state index contributed by atoms with van der Waals surface area (Å²) in [4.78, 5) is 13.3. The Morgan fingerprint density at radius 1 is 0.694 bits per heavy atom.